The van der Waals surface area contributed by atoms with E-state index in [2.05, 4.69) is 6.92 Å². The average Bonchev–Trinajstić information content (AvgIpc) is 2.98. The minimum absolute atomic E-state index is 0.0484. The highest BCUT2D eigenvalue weighted by molar-refractivity contribution is 5.91. The van der Waals surface area contributed by atoms with Gasteiger partial charge in [-0.25, -0.2) is 0 Å². The second-order valence-corrected chi connectivity index (χ2v) is 9.85. The minimum atomic E-state index is 0.0484. The number of allylic oxidation sites excluding steroid dienone is 1. The Morgan fingerprint density at radius 3 is 2.81 bits per heavy atom. The molecule has 5 aliphatic rings. The number of ketones is 1. The molecule has 4 fully saturated rings. The topological polar surface area (TPSA) is 35.5 Å². The number of carbonyl (C=O) groups is 1. The lowest BCUT2D eigenvalue weighted by atomic mass is 9.52. The van der Waals surface area contributed by atoms with Crippen LogP contribution < -0.4 is 0 Å². The minimum Gasteiger partial charge on any atom is -0.353 e. The van der Waals surface area contributed by atoms with Gasteiger partial charge in [-0.05, 0) is 99.4 Å². The van der Waals surface area contributed by atoms with Crippen LogP contribution in [-0.2, 0) is 14.3 Å². The summed E-state index contributed by atoms with van der Waals surface area (Å²) in [5, 5.41) is 0. The van der Waals surface area contributed by atoms with Gasteiger partial charge in [0.2, 0.25) is 0 Å². The van der Waals surface area contributed by atoms with Gasteiger partial charge in [-0.15, -0.1) is 0 Å². The van der Waals surface area contributed by atoms with E-state index in [-0.39, 0.29) is 6.29 Å². The Bertz CT molecular complexity index is 590. The lowest BCUT2D eigenvalue weighted by Gasteiger charge is -2.54. The van der Waals surface area contributed by atoms with Crippen LogP contribution in [0.3, 0.4) is 0 Å². The molecule has 0 aromatic rings. The van der Waals surface area contributed by atoms with Crippen molar-refractivity contribution in [1.29, 1.82) is 0 Å². The molecule has 3 saturated carbocycles. The maximum Gasteiger partial charge on any atom is 0.157 e. The van der Waals surface area contributed by atoms with Crippen molar-refractivity contribution in [2.24, 2.45) is 29.1 Å². The number of rotatable bonds is 2. The van der Waals surface area contributed by atoms with Crippen molar-refractivity contribution in [3.05, 3.63) is 11.6 Å². The first-order chi connectivity index (χ1) is 12.6. The molecule has 1 aliphatic heterocycles. The first kappa shape index (κ1) is 17.4. The molecule has 1 saturated heterocycles. The van der Waals surface area contributed by atoms with Crippen molar-refractivity contribution >= 4 is 5.78 Å². The summed E-state index contributed by atoms with van der Waals surface area (Å²) in [7, 11) is 0. The van der Waals surface area contributed by atoms with E-state index in [1.807, 2.05) is 6.08 Å². The maximum atomic E-state index is 11.8. The van der Waals surface area contributed by atoms with Gasteiger partial charge in [0, 0.05) is 13.0 Å². The summed E-state index contributed by atoms with van der Waals surface area (Å²) >= 11 is 0. The van der Waals surface area contributed by atoms with Crippen LogP contribution in [0.15, 0.2) is 11.6 Å². The molecule has 5 rings (SSSR count). The largest absolute Gasteiger partial charge is 0.353 e. The van der Waals surface area contributed by atoms with Crippen LogP contribution in [0.4, 0.5) is 0 Å². The van der Waals surface area contributed by atoms with Crippen LogP contribution in [0.25, 0.3) is 0 Å². The third-order valence-corrected chi connectivity index (χ3v) is 8.67. The van der Waals surface area contributed by atoms with Crippen LogP contribution in [0.5, 0.6) is 0 Å². The normalized spacial score (nSPS) is 48.3. The Morgan fingerprint density at radius 2 is 1.96 bits per heavy atom. The number of hydrogen-bond acceptors (Lipinski definition) is 3. The molecule has 3 heteroatoms. The zero-order chi connectivity index (χ0) is 17.7. The third kappa shape index (κ3) is 2.81. The predicted octanol–water partition coefficient (Wildman–Crippen LogP) is 5.04. The van der Waals surface area contributed by atoms with Crippen molar-refractivity contribution < 1.29 is 14.3 Å². The molecule has 1 unspecified atom stereocenters. The van der Waals surface area contributed by atoms with E-state index in [9.17, 15) is 4.79 Å². The van der Waals surface area contributed by atoms with Gasteiger partial charge < -0.3 is 9.47 Å². The molecule has 1 heterocycles. The summed E-state index contributed by atoms with van der Waals surface area (Å²) in [6.45, 7) is 3.39. The van der Waals surface area contributed by atoms with E-state index in [1.165, 1.54) is 56.9 Å². The molecule has 4 aliphatic carbocycles. The van der Waals surface area contributed by atoms with Crippen LogP contribution in [0.2, 0.25) is 0 Å². The molecule has 7 atom stereocenters. The Balaban J connectivity index is 1.32. The fraction of sp³-hybridized carbons (Fsp3) is 0.870. The number of hydrogen-bond donors (Lipinski definition) is 0. The van der Waals surface area contributed by atoms with Crippen molar-refractivity contribution in [3.8, 4) is 0 Å². The third-order valence-electron chi connectivity index (χ3n) is 8.67. The monoisotopic (exact) mass is 358 g/mol. The molecule has 0 bridgehead atoms. The lowest BCUT2D eigenvalue weighted by molar-refractivity contribution is -0.214. The quantitative estimate of drug-likeness (QED) is 0.694. The van der Waals surface area contributed by atoms with Gasteiger partial charge in [0.25, 0.3) is 0 Å². The second kappa shape index (κ2) is 6.74. The fourth-order valence-electron chi connectivity index (χ4n) is 7.36. The van der Waals surface area contributed by atoms with E-state index >= 15 is 0 Å². The smallest absolute Gasteiger partial charge is 0.157 e. The highest BCUT2D eigenvalue weighted by Gasteiger charge is 2.57. The first-order valence-electron chi connectivity index (χ1n) is 11.2. The molecule has 0 amide bonds. The summed E-state index contributed by atoms with van der Waals surface area (Å²) in [4.78, 5) is 11.8. The van der Waals surface area contributed by atoms with E-state index in [4.69, 9.17) is 9.47 Å². The molecule has 0 aromatic carbocycles. The molecule has 144 valence electrons. The zero-order valence-corrected chi connectivity index (χ0v) is 16.3. The first-order valence-corrected chi connectivity index (χ1v) is 11.2. The Hall–Kier alpha value is -0.670. The Morgan fingerprint density at radius 1 is 1.04 bits per heavy atom. The standard InChI is InChI=1S/C23H34O3/c1-23-12-11-18-17-8-6-16(24)14-15(17)5-7-19(18)20(23)9-10-21(23)26-22-4-2-3-13-25-22/h14,17-22H,2-13H2,1H3/t17-,18+,19+,20-,21-,22?,23-/m0/s1. The molecule has 0 N–H and O–H groups in total. The van der Waals surface area contributed by atoms with E-state index in [0.29, 0.717) is 23.2 Å². The van der Waals surface area contributed by atoms with Crippen LogP contribution in [0.1, 0.15) is 77.6 Å². The SMILES string of the molecule is C[C@]12CC[C@H]3[C@@H](CCC4=CC(=O)CC[C@@H]43)[C@@H]1CC[C@@H]2OC1CCCCO1. The van der Waals surface area contributed by atoms with Crippen LogP contribution in [-0.4, -0.2) is 24.8 Å². The van der Waals surface area contributed by atoms with Crippen molar-refractivity contribution in [2.45, 2.75) is 89.9 Å². The van der Waals surface area contributed by atoms with Gasteiger partial charge >= 0.3 is 0 Å². The number of fused-ring (bicyclic) bond motifs is 5. The summed E-state index contributed by atoms with van der Waals surface area (Å²) in [6, 6.07) is 0. The molecule has 0 spiro atoms. The molecule has 0 radical (unpaired) electrons. The van der Waals surface area contributed by atoms with E-state index < -0.39 is 0 Å². The maximum absolute atomic E-state index is 11.8. The van der Waals surface area contributed by atoms with Gasteiger partial charge in [0.15, 0.2) is 12.1 Å². The van der Waals surface area contributed by atoms with Crippen molar-refractivity contribution in [2.75, 3.05) is 6.61 Å². The zero-order valence-electron chi connectivity index (χ0n) is 16.3. The number of ether oxygens (including phenoxy) is 2. The van der Waals surface area contributed by atoms with Crippen molar-refractivity contribution in [1.82, 2.24) is 0 Å². The van der Waals surface area contributed by atoms with Gasteiger partial charge in [-0.1, -0.05) is 12.5 Å². The van der Waals surface area contributed by atoms with E-state index in [0.717, 1.165) is 43.6 Å². The Labute approximate surface area is 157 Å². The van der Waals surface area contributed by atoms with Gasteiger partial charge in [-0.3, -0.25) is 4.79 Å². The lowest BCUT2D eigenvalue weighted by Crippen LogP contribution is -2.48. The predicted molar refractivity (Wildman–Crippen MR) is 101 cm³/mol. The highest BCUT2D eigenvalue weighted by atomic mass is 16.7. The fourth-order valence-corrected chi connectivity index (χ4v) is 7.36. The Kier molecular flexibility index (Phi) is 4.52. The second-order valence-electron chi connectivity index (χ2n) is 9.85. The summed E-state index contributed by atoms with van der Waals surface area (Å²) < 4.78 is 12.4. The summed E-state index contributed by atoms with van der Waals surface area (Å²) in [5.74, 6) is 3.57. The molecule has 26 heavy (non-hydrogen) atoms. The highest BCUT2D eigenvalue weighted by Crippen LogP contribution is 2.62. The van der Waals surface area contributed by atoms with Crippen LogP contribution >= 0.6 is 0 Å². The summed E-state index contributed by atoms with van der Waals surface area (Å²) in [5.41, 5.74) is 1.83. The van der Waals surface area contributed by atoms with Gasteiger partial charge in [0.05, 0.1) is 6.10 Å². The molecule has 0 aromatic heterocycles. The van der Waals surface area contributed by atoms with Gasteiger partial charge in [0.1, 0.15) is 0 Å². The summed E-state index contributed by atoms with van der Waals surface area (Å²) in [6.07, 6.45) is 15.5. The number of carbonyl (C=O) groups excluding carboxylic acids is 1. The molecule has 3 nitrogen and oxygen atoms in total. The molecular formula is C23H34O3. The molecular weight excluding hydrogens is 324 g/mol. The van der Waals surface area contributed by atoms with Gasteiger partial charge in [-0.2, -0.15) is 0 Å². The van der Waals surface area contributed by atoms with Crippen molar-refractivity contribution in [3.63, 3.8) is 0 Å². The van der Waals surface area contributed by atoms with E-state index in [1.54, 1.807) is 0 Å². The average molecular weight is 359 g/mol. The van der Waals surface area contributed by atoms with Crippen LogP contribution in [0, 0.1) is 29.1 Å².